The van der Waals surface area contributed by atoms with Crippen LogP contribution in [-0.2, 0) is 9.53 Å². The molecule has 2 aliphatic heterocycles. The average molecular weight is 190 g/mol. The molecule has 2 heterocycles. The number of carbonyl (C=O) groups is 1. The van der Waals surface area contributed by atoms with E-state index < -0.39 is 0 Å². The van der Waals surface area contributed by atoms with Crippen LogP contribution in [0.5, 0.6) is 0 Å². The molecule has 0 amide bonds. The maximum absolute atomic E-state index is 12.1. The summed E-state index contributed by atoms with van der Waals surface area (Å²) in [6.45, 7) is 4.22. The highest BCUT2D eigenvalue weighted by Crippen LogP contribution is 2.46. The van der Waals surface area contributed by atoms with Gasteiger partial charge in [0.05, 0.1) is 24.0 Å². The van der Waals surface area contributed by atoms with Crippen molar-refractivity contribution in [2.75, 3.05) is 0 Å². The van der Waals surface area contributed by atoms with Gasteiger partial charge in [-0.15, -0.1) is 0 Å². The zero-order valence-corrected chi connectivity index (χ0v) is 8.44. The molecule has 0 spiro atoms. The van der Waals surface area contributed by atoms with Crippen molar-refractivity contribution >= 4 is 5.78 Å². The third-order valence-electron chi connectivity index (χ3n) is 3.66. The zero-order chi connectivity index (χ0) is 9.92. The minimum absolute atomic E-state index is 0.0103. The highest BCUT2D eigenvalue weighted by molar-refractivity contribution is 5.90. The van der Waals surface area contributed by atoms with Crippen molar-refractivity contribution in [3.8, 4) is 0 Å². The van der Waals surface area contributed by atoms with Crippen LogP contribution in [-0.4, -0.2) is 18.0 Å². The Bertz CT molecular complexity index is 351. The summed E-state index contributed by atoms with van der Waals surface area (Å²) in [7, 11) is 0. The molecule has 14 heavy (non-hydrogen) atoms. The van der Waals surface area contributed by atoms with E-state index in [0.29, 0.717) is 5.78 Å². The molecule has 2 nitrogen and oxygen atoms in total. The van der Waals surface area contributed by atoms with Gasteiger partial charge in [0.1, 0.15) is 5.78 Å². The van der Waals surface area contributed by atoms with Gasteiger partial charge >= 0.3 is 0 Å². The van der Waals surface area contributed by atoms with E-state index in [1.54, 1.807) is 0 Å². The number of fused-ring (bicyclic) bond motifs is 6. The number of hydrogen-bond donors (Lipinski definition) is 0. The predicted molar refractivity (Wildman–Crippen MR) is 52.7 cm³/mol. The normalized spacial score (nSPS) is 47.1. The van der Waals surface area contributed by atoms with Gasteiger partial charge in [0.15, 0.2) is 0 Å². The number of hydrogen-bond acceptors (Lipinski definition) is 2. The number of rotatable bonds is 0. The van der Waals surface area contributed by atoms with E-state index in [0.717, 1.165) is 0 Å². The summed E-state index contributed by atoms with van der Waals surface area (Å²) in [5, 5.41) is 0. The van der Waals surface area contributed by atoms with Gasteiger partial charge in [0.2, 0.25) is 0 Å². The van der Waals surface area contributed by atoms with Gasteiger partial charge in [-0.3, -0.25) is 4.79 Å². The van der Waals surface area contributed by atoms with Crippen molar-refractivity contribution in [1.82, 2.24) is 0 Å². The molecule has 0 radical (unpaired) electrons. The molecule has 74 valence electrons. The van der Waals surface area contributed by atoms with Crippen LogP contribution in [0.4, 0.5) is 0 Å². The van der Waals surface area contributed by atoms with Gasteiger partial charge in [-0.25, -0.2) is 0 Å². The number of carbonyl (C=O) groups excluding carboxylic acids is 1. The van der Waals surface area contributed by atoms with E-state index in [1.807, 2.05) is 12.2 Å². The molecule has 0 aromatic heterocycles. The highest BCUT2D eigenvalue weighted by atomic mass is 16.5. The Labute approximate surface area is 83.6 Å². The van der Waals surface area contributed by atoms with Crippen LogP contribution in [0, 0.1) is 17.3 Å². The molecule has 0 aromatic rings. The first-order chi connectivity index (χ1) is 6.59. The second kappa shape index (κ2) is 2.37. The molecule has 0 aromatic carbocycles. The third-order valence-corrected chi connectivity index (χ3v) is 3.66. The van der Waals surface area contributed by atoms with Gasteiger partial charge < -0.3 is 4.74 Å². The fourth-order valence-corrected chi connectivity index (χ4v) is 2.87. The second-order valence-corrected chi connectivity index (χ2v) is 5.04. The van der Waals surface area contributed by atoms with Crippen LogP contribution in [0.25, 0.3) is 0 Å². The lowest BCUT2D eigenvalue weighted by Gasteiger charge is -2.44. The van der Waals surface area contributed by atoms with E-state index in [2.05, 4.69) is 26.0 Å². The van der Waals surface area contributed by atoms with Crippen molar-refractivity contribution in [2.45, 2.75) is 26.1 Å². The zero-order valence-electron chi connectivity index (χ0n) is 8.44. The lowest BCUT2D eigenvalue weighted by atomic mass is 9.65. The molecule has 2 heteroatoms. The molecule has 3 aliphatic rings. The summed E-state index contributed by atoms with van der Waals surface area (Å²) in [4.78, 5) is 12.1. The molecular weight excluding hydrogens is 176 g/mol. The van der Waals surface area contributed by atoms with E-state index in [4.69, 9.17) is 4.74 Å². The minimum atomic E-state index is -0.0576. The fraction of sp³-hybridized carbons (Fsp3) is 0.583. The van der Waals surface area contributed by atoms with Crippen LogP contribution in [0.3, 0.4) is 0 Å². The second-order valence-electron chi connectivity index (χ2n) is 5.04. The van der Waals surface area contributed by atoms with Crippen molar-refractivity contribution in [1.29, 1.82) is 0 Å². The van der Waals surface area contributed by atoms with Crippen molar-refractivity contribution < 1.29 is 9.53 Å². The third kappa shape index (κ3) is 0.871. The molecule has 1 saturated heterocycles. The molecular formula is C12H14O2. The minimum Gasteiger partial charge on any atom is -0.365 e. The van der Waals surface area contributed by atoms with Gasteiger partial charge in [-0.1, -0.05) is 38.2 Å². The Morgan fingerprint density at radius 1 is 1.21 bits per heavy atom. The van der Waals surface area contributed by atoms with Crippen LogP contribution in [0.15, 0.2) is 24.3 Å². The average Bonchev–Trinajstić information content (AvgIpc) is 2.48. The monoisotopic (exact) mass is 190 g/mol. The smallest absolute Gasteiger partial charge is 0.149 e. The number of allylic oxidation sites excluding steroid dienone is 1. The summed E-state index contributed by atoms with van der Waals surface area (Å²) < 4.78 is 5.79. The lowest BCUT2D eigenvalue weighted by molar-refractivity contribution is -0.149. The number of ketones is 1. The first-order valence-electron chi connectivity index (χ1n) is 5.16. The molecule has 1 aliphatic carbocycles. The first-order valence-corrected chi connectivity index (χ1v) is 5.16. The Morgan fingerprint density at radius 3 is 2.71 bits per heavy atom. The Balaban J connectivity index is 2.14. The quantitative estimate of drug-likeness (QED) is 0.544. The van der Waals surface area contributed by atoms with Crippen LogP contribution in [0.1, 0.15) is 13.8 Å². The predicted octanol–water partition coefficient (Wildman–Crippen LogP) is 1.72. The molecule has 1 fully saturated rings. The summed E-state index contributed by atoms with van der Waals surface area (Å²) in [5.74, 6) is 0.360. The van der Waals surface area contributed by atoms with Gasteiger partial charge in [-0.05, 0) is 5.41 Å². The molecule has 0 N–H and O–H groups in total. The standard InChI is InChI=1S/C12H14O2/c1-12(2)6-5-7-8-3-4-9(14-8)10(12)11(7)13/h3-10H,1-2H3. The lowest BCUT2D eigenvalue weighted by Crippen LogP contribution is -2.51. The van der Waals surface area contributed by atoms with E-state index in [-0.39, 0.29) is 29.5 Å². The van der Waals surface area contributed by atoms with Crippen LogP contribution >= 0.6 is 0 Å². The summed E-state index contributed by atoms with van der Waals surface area (Å²) in [5.41, 5.74) is -0.0576. The van der Waals surface area contributed by atoms with Crippen LogP contribution in [0.2, 0.25) is 0 Å². The number of Topliss-reactive ketones (excluding diaryl/α,β-unsaturated/α-hetero) is 1. The largest absolute Gasteiger partial charge is 0.365 e. The fourth-order valence-electron chi connectivity index (χ4n) is 2.87. The molecule has 3 rings (SSSR count). The van der Waals surface area contributed by atoms with E-state index in [1.165, 1.54) is 0 Å². The van der Waals surface area contributed by atoms with Crippen molar-refractivity contribution in [2.24, 2.45) is 17.3 Å². The summed E-state index contributed by atoms with van der Waals surface area (Å²) >= 11 is 0. The Hall–Kier alpha value is -0.890. The SMILES string of the molecule is CC1(C)C=CC2C(=O)C1C1C=CC2O1. The van der Waals surface area contributed by atoms with Crippen molar-refractivity contribution in [3.63, 3.8) is 0 Å². The molecule has 4 bridgehead atoms. The Morgan fingerprint density at radius 2 is 1.93 bits per heavy atom. The molecule has 4 unspecified atom stereocenters. The van der Waals surface area contributed by atoms with Gasteiger partial charge in [0.25, 0.3) is 0 Å². The topological polar surface area (TPSA) is 26.3 Å². The first kappa shape index (κ1) is 8.42. The van der Waals surface area contributed by atoms with E-state index in [9.17, 15) is 4.79 Å². The Kier molecular flexibility index (Phi) is 1.43. The van der Waals surface area contributed by atoms with Crippen molar-refractivity contribution in [3.05, 3.63) is 24.3 Å². The molecule has 0 saturated carbocycles. The summed E-state index contributed by atoms with van der Waals surface area (Å²) in [6.07, 6.45) is 8.33. The summed E-state index contributed by atoms with van der Waals surface area (Å²) in [6, 6.07) is 0. The van der Waals surface area contributed by atoms with Crippen LogP contribution < -0.4 is 0 Å². The maximum atomic E-state index is 12.1. The highest BCUT2D eigenvalue weighted by Gasteiger charge is 2.52. The van der Waals surface area contributed by atoms with Gasteiger partial charge in [-0.2, -0.15) is 0 Å². The number of ether oxygens (including phenoxy) is 1. The maximum Gasteiger partial charge on any atom is 0.149 e. The van der Waals surface area contributed by atoms with E-state index >= 15 is 0 Å². The molecule has 4 atom stereocenters. The van der Waals surface area contributed by atoms with Gasteiger partial charge in [0, 0.05) is 0 Å².